The van der Waals surface area contributed by atoms with Crippen molar-refractivity contribution in [2.75, 3.05) is 12.4 Å². The van der Waals surface area contributed by atoms with E-state index in [0.29, 0.717) is 16.1 Å². The number of rotatable bonds is 4. The van der Waals surface area contributed by atoms with Crippen LogP contribution >= 0.6 is 11.3 Å². The van der Waals surface area contributed by atoms with E-state index in [-0.39, 0.29) is 5.91 Å². The lowest BCUT2D eigenvalue weighted by molar-refractivity contribution is 0.0607. The summed E-state index contributed by atoms with van der Waals surface area (Å²) in [5, 5.41) is 2.83. The maximum atomic E-state index is 12.5. The number of hydrogen-bond donors (Lipinski definition) is 1. The Morgan fingerprint density at radius 2 is 1.76 bits per heavy atom. The summed E-state index contributed by atoms with van der Waals surface area (Å²) >= 11 is 1.30. The number of nitrogens with one attached hydrogen (secondary N) is 1. The van der Waals surface area contributed by atoms with Gasteiger partial charge >= 0.3 is 5.97 Å². The summed E-state index contributed by atoms with van der Waals surface area (Å²) < 4.78 is 4.85. The number of benzene rings is 2. The van der Waals surface area contributed by atoms with Gasteiger partial charge in [-0.05, 0) is 30.7 Å². The molecule has 0 saturated heterocycles. The highest BCUT2D eigenvalue weighted by Gasteiger charge is 2.20. The normalized spacial score (nSPS) is 10.3. The van der Waals surface area contributed by atoms with E-state index in [2.05, 4.69) is 5.32 Å². The fourth-order valence-electron chi connectivity index (χ4n) is 2.45. The summed E-state index contributed by atoms with van der Waals surface area (Å²) in [5.74, 6) is -0.724. The van der Waals surface area contributed by atoms with Gasteiger partial charge in [0, 0.05) is 10.4 Å². The van der Waals surface area contributed by atoms with Crippen molar-refractivity contribution in [3.63, 3.8) is 0 Å². The fourth-order valence-corrected chi connectivity index (χ4v) is 3.49. The van der Waals surface area contributed by atoms with Gasteiger partial charge in [0.15, 0.2) is 0 Å². The first kappa shape index (κ1) is 16.9. The Labute approximate surface area is 150 Å². The van der Waals surface area contributed by atoms with Crippen LogP contribution in [0.4, 0.5) is 5.69 Å². The molecular formula is C20H17NO3S. The molecule has 25 heavy (non-hydrogen) atoms. The summed E-state index contributed by atoms with van der Waals surface area (Å²) in [4.78, 5) is 25.9. The highest BCUT2D eigenvalue weighted by Crippen LogP contribution is 2.35. The van der Waals surface area contributed by atoms with Crippen LogP contribution in [0.15, 0.2) is 60.7 Å². The van der Waals surface area contributed by atoms with Crippen LogP contribution in [-0.4, -0.2) is 19.0 Å². The lowest BCUT2D eigenvalue weighted by Gasteiger charge is -2.06. The van der Waals surface area contributed by atoms with Crippen LogP contribution in [0.2, 0.25) is 0 Å². The Morgan fingerprint density at radius 1 is 1.00 bits per heavy atom. The molecule has 4 nitrogen and oxygen atoms in total. The SMILES string of the molecule is COC(=O)c1sc(-c2ccccc2)cc1NC(=O)c1cccc(C)c1. The third-order valence-corrected chi connectivity index (χ3v) is 4.85. The molecule has 2 aromatic carbocycles. The summed E-state index contributed by atoms with van der Waals surface area (Å²) in [6, 6.07) is 18.8. The molecule has 1 N–H and O–H groups in total. The number of aryl methyl sites for hydroxylation is 1. The van der Waals surface area contributed by atoms with Gasteiger partial charge in [-0.2, -0.15) is 0 Å². The molecule has 0 aliphatic heterocycles. The van der Waals surface area contributed by atoms with E-state index >= 15 is 0 Å². The Balaban J connectivity index is 1.95. The lowest BCUT2D eigenvalue weighted by atomic mass is 10.1. The zero-order valence-corrected chi connectivity index (χ0v) is 14.7. The standard InChI is InChI=1S/C20H17NO3S/c1-13-7-6-10-15(11-13)19(22)21-16-12-17(14-8-4-3-5-9-14)25-18(16)20(23)24-2/h3-12H,1-2H3,(H,21,22). The first-order chi connectivity index (χ1) is 12.1. The molecule has 1 heterocycles. The predicted octanol–water partition coefficient (Wildman–Crippen LogP) is 4.76. The molecule has 3 rings (SSSR count). The smallest absolute Gasteiger partial charge is 0.350 e. The van der Waals surface area contributed by atoms with Crippen LogP contribution in [0.5, 0.6) is 0 Å². The second-order valence-electron chi connectivity index (χ2n) is 5.53. The third kappa shape index (κ3) is 3.78. The molecule has 0 radical (unpaired) electrons. The fraction of sp³-hybridized carbons (Fsp3) is 0.100. The predicted molar refractivity (Wildman–Crippen MR) is 100 cm³/mol. The highest BCUT2D eigenvalue weighted by molar-refractivity contribution is 7.18. The number of ether oxygens (including phenoxy) is 1. The Bertz CT molecular complexity index is 916. The van der Waals surface area contributed by atoms with Crippen molar-refractivity contribution in [3.05, 3.63) is 76.7 Å². The van der Waals surface area contributed by atoms with Crippen molar-refractivity contribution in [1.82, 2.24) is 0 Å². The number of thiophene rings is 1. The van der Waals surface area contributed by atoms with Gasteiger partial charge in [-0.25, -0.2) is 4.79 Å². The lowest BCUT2D eigenvalue weighted by Crippen LogP contribution is -2.14. The quantitative estimate of drug-likeness (QED) is 0.689. The minimum atomic E-state index is -0.466. The topological polar surface area (TPSA) is 55.4 Å². The van der Waals surface area contributed by atoms with Gasteiger partial charge in [-0.1, -0.05) is 48.0 Å². The molecule has 0 unspecified atom stereocenters. The molecule has 0 fully saturated rings. The van der Waals surface area contributed by atoms with Crippen LogP contribution in [0.1, 0.15) is 25.6 Å². The highest BCUT2D eigenvalue weighted by atomic mass is 32.1. The van der Waals surface area contributed by atoms with Crippen molar-refractivity contribution in [2.45, 2.75) is 6.92 Å². The van der Waals surface area contributed by atoms with E-state index in [1.54, 1.807) is 18.2 Å². The Kier molecular flexibility index (Phi) is 4.95. The first-order valence-electron chi connectivity index (χ1n) is 7.74. The van der Waals surface area contributed by atoms with Crippen LogP contribution < -0.4 is 5.32 Å². The number of carbonyl (C=O) groups excluding carboxylic acids is 2. The molecule has 0 bridgehead atoms. The summed E-state index contributed by atoms with van der Waals surface area (Å²) in [6.07, 6.45) is 0. The van der Waals surface area contributed by atoms with Crippen LogP contribution in [0, 0.1) is 6.92 Å². The summed E-state index contributed by atoms with van der Waals surface area (Å²) in [6.45, 7) is 1.93. The zero-order chi connectivity index (χ0) is 17.8. The maximum Gasteiger partial charge on any atom is 0.350 e. The van der Waals surface area contributed by atoms with E-state index < -0.39 is 5.97 Å². The van der Waals surface area contributed by atoms with E-state index in [4.69, 9.17) is 4.74 Å². The van der Waals surface area contributed by atoms with Gasteiger partial charge in [0.1, 0.15) is 4.88 Å². The number of amides is 1. The number of carbonyl (C=O) groups is 2. The number of anilines is 1. The average molecular weight is 351 g/mol. The van der Waals surface area contributed by atoms with E-state index in [9.17, 15) is 9.59 Å². The van der Waals surface area contributed by atoms with Crippen molar-refractivity contribution in [2.24, 2.45) is 0 Å². The van der Waals surface area contributed by atoms with Crippen molar-refractivity contribution in [1.29, 1.82) is 0 Å². The van der Waals surface area contributed by atoms with Gasteiger partial charge in [0.05, 0.1) is 12.8 Å². The molecule has 0 aliphatic carbocycles. The molecule has 1 amide bonds. The zero-order valence-electron chi connectivity index (χ0n) is 13.9. The second-order valence-corrected chi connectivity index (χ2v) is 6.59. The van der Waals surface area contributed by atoms with Crippen molar-refractivity contribution >= 4 is 28.9 Å². The minimum Gasteiger partial charge on any atom is -0.465 e. The summed E-state index contributed by atoms with van der Waals surface area (Å²) in [7, 11) is 1.33. The molecule has 0 spiro atoms. The number of hydrogen-bond acceptors (Lipinski definition) is 4. The van der Waals surface area contributed by atoms with Gasteiger partial charge in [-0.3, -0.25) is 4.79 Å². The third-order valence-electron chi connectivity index (χ3n) is 3.69. The first-order valence-corrected chi connectivity index (χ1v) is 8.55. The van der Waals surface area contributed by atoms with Gasteiger partial charge in [0.2, 0.25) is 0 Å². The van der Waals surface area contributed by atoms with Gasteiger partial charge < -0.3 is 10.1 Å². The number of esters is 1. The Morgan fingerprint density at radius 3 is 2.44 bits per heavy atom. The second kappa shape index (κ2) is 7.32. The monoisotopic (exact) mass is 351 g/mol. The van der Waals surface area contributed by atoms with Crippen molar-refractivity contribution in [3.8, 4) is 10.4 Å². The van der Waals surface area contributed by atoms with Crippen molar-refractivity contribution < 1.29 is 14.3 Å². The molecule has 3 aromatic rings. The molecule has 5 heteroatoms. The molecular weight excluding hydrogens is 334 g/mol. The van der Waals surface area contributed by atoms with Gasteiger partial charge in [0.25, 0.3) is 5.91 Å². The van der Waals surface area contributed by atoms with Crippen LogP contribution in [0.25, 0.3) is 10.4 Å². The molecule has 0 saturated carbocycles. The Hall–Kier alpha value is -2.92. The van der Waals surface area contributed by atoms with Crippen LogP contribution in [0.3, 0.4) is 0 Å². The molecule has 126 valence electrons. The van der Waals surface area contributed by atoms with Crippen LogP contribution in [-0.2, 0) is 4.74 Å². The minimum absolute atomic E-state index is 0.258. The van der Waals surface area contributed by atoms with E-state index in [1.165, 1.54) is 18.4 Å². The maximum absolute atomic E-state index is 12.5. The molecule has 0 aliphatic rings. The summed E-state index contributed by atoms with van der Waals surface area (Å²) in [5.41, 5.74) is 2.98. The van der Waals surface area contributed by atoms with E-state index in [1.807, 2.05) is 49.4 Å². The van der Waals surface area contributed by atoms with Gasteiger partial charge in [-0.15, -0.1) is 11.3 Å². The average Bonchev–Trinajstić information content (AvgIpc) is 3.05. The number of methoxy groups -OCH3 is 1. The van der Waals surface area contributed by atoms with E-state index in [0.717, 1.165) is 16.0 Å². The largest absolute Gasteiger partial charge is 0.465 e. The molecule has 1 aromatic heterocycles. The molecule has 0 atom stereocenters.